The topological polar surface area (TPSA) is 70.0 Å². The highest BCUT2D eigenvalue weighted by molar-refractivity contribution is 5.69. The smallest absolute Gasteiger partial charge is 0.305 e. The van der Waals surface area contributed by atoms with Crippen molar-refractivity contribution in [3.05, 3.63) is 0 Å². The molecule has 240 valence electrons. The molecule has 0 saturated heterocycles. The van der Waals surface area contributed by atoms with Gasteiger partial charge in [-0.05, 0) is 38.1 Å². The van der Waals surface area contributed by atoms with Gasteiger partial charge in [0.25, 0.3) is 0 Å². The molecule has 0 bridgehead atoms. The zero-order chi connectivity index (χ0) is 29.5. The molecule has 0 radical (unpaired) electrons. The first kappa shape index (κ1) is 39.4. The molecule has 0 aliphatic heterocycles. The third-order valence-corrected chi connectivity index (χ3v) is 8.45. The molecule has 0 aliphatic carbocycles. The van der Waals surface area contributed by atoms with Crippen LogP contribution in [0.4, 0.5) is 0 Å². The molecule has 40 heavy (non-hydrogen) atoms. The van der Waals surface area contributed by atoms with E-state index < -0.39 is 6.10 Å². The van der Waals surface area contributed by atoms with Crippen LogP contribution in [-0.4, -0.2) is 60.0 Å². The van der Waals surface area contributed by atoms with Crippen LogP contribution in [0.15, 0.2) is 0 Å². The van der Waals surface area contributed by atoms with Gasteiger partial charge < -0.3 is 14.9 Å². The fraction of sp³-hybridized carbons (Fsp3) is 0.971. The molecule has 0 aromatic carbocycles. The predicted octanol–water partition coefficient (Wildman–Crippen LogP) is 9.22. The normalized spacial score (nSPS) is 12.5. The van der Waals surface area contributed by atoms with Crippen LogP contribution >= 0.6 is 0 Å². The first-order valence-corrected chi connectivity index (χ1v) is 17.7. The van der Waals surface area contributed by atoms with E-state index >= 15 is 0 Å². The molecule has 0 spiro atoms. The van der Waals surface area contributed by atoms with Crippen molar-refractivity contribution in [1.82, 2.24) is 4.90 Å². The van der Waals surface area contributed by atoms with Crippen molar-refractivity contribution in [3.8, 4) is 0 Å². The van der Waals surface area contributed by atoms with Crippen molar-refractivity contribution < 1.29 is 19.7 Å². The largest absolute Gasteiger partial charge is 0.466 e. The maximum atomic E-state index is 12.2. The molecule has 5 heteroatoms. The number of carbonyl (C=O) groups is 1. The van der Waals surface area contributed by atoms with E-state index in [1.165, 1.54) is 122 Å². The van der Waals surface area contributed by atoms with E-state index in [0.717, 1.165) is 31.7 Å². The van der Waals surface area contributed by atoms with Crippen molar-refractivity contribution in [3.63, 3.8) is 0 Å². The quantitative estimate of drug-likeness (QED) is 0.0624. The van der Waals surface area contributed by atoms with Gasteiger partial charge in [-0.25, -0.2) is 0 Å². The van der Waals surface area contributed by atoms with Crippen molar-refractivity contribution in [2.24, 2.45) is 5.92 Å². The lowest BCUT2D eigenvalue weighted by molar-refractivity contribution is -0.144. The summed E-state index contributed by atoms with van der Waals surface area (Å²) in [6.07, 6.45) is 29.3. The second-order valence-corrected chi connectivity index (χ2v) is 12.3. The Morgan fingerprint density at radius 2 is 1.12 bits per heavy atom. The van der Waals surface area contributed by atoms with Gasteiger partial charge in [-0.3, -0.25) is 9.69 Å². The molecule has 0 rings (SSSR count). The standard InChI is InChI=1S/C35H71NO4/c1-4-7-9-11-13-15-17-19-24-33(25-20-18-16-14-12-10-8-5-2)26-23-31-40-35(39)28-22-21-27-34(38)32-36(6-3)29-30-37/h33-34,37-38H,4-32H2,1-3H3/t34-/m0/s1. The molecule has 0 heterocycles. The second kappa shape index (κ2) is 31.3. The fourth-order valence-electron chi connectivity index (χ4n) is 5.76. The van der Waals surface area contributed by atoms with E-state index in [1.54, 1.807) is 0 Å². The van der Waals surface area contributed by atoms with E-state index in [1.807, 2.05) is 6.92 Å². The molecule has 0 aromatic rings. The molecule has 0 aliphatic rings. The minimum Gasteiger partial charge on any atom is -0.466 e. The summed E-state index contributed by atoms with van der Waals surface area (Å²) in [6, 6.07) is 0. The van der Waals surface area contributed by atoms with Crippen LogP contribution in [-0.2, 0) is 9.53 Å². The number of esters is 1. The molecule has 5 nitrogen and oxygen atoms in total. The maximum absolute atomic E-state index is 12.2. The summed E-state index contributed by atoms with van der Waals surface area (Å²) < 4.78 is 5.56. The summed E-state index contributed by atoms with van der Waals surface area (Å²) in [5.41, 5.74) is 0. The van der Waals surface area contributed by atoms with Crippen molar-refractivity contribution >= 4 is 5.97 Å². The van der Waals surface area contributed by atoms with E-state index in [-0.39, 0.29) is 12.6 Å². The highest BCUT2D eigenvalue weighted by Gasteiger charge is 2.12. The Hall–Kier alpha value is -0.650. The van der Waals surface area contributed by atoms with Crippen molar-refractivity contribution in [2.45, 2.75) is 181 Å². The van der Waals surface area contributed by atoms with E-state index in [2.05, 4.69) is 18.7 Å². The van der Waals surface area contributed by atoms with Crippen LogP contribution in [0.1, 0.15) is 175 Å². The number of unbranched alkanes of at least 4 members (excludes halogenated alkanes) is 15. The second-order valence-electron chi connectivity index (χ2n) is 12.3. The molecular formula is C35H71NO4. The Bertz CT molecular complexity index is 496. The van der Waals surface area contributed by atoms with E-state index in [4.69, 9.17) is 9.84 Å². The highest BCUT2D eigenvalue weighted by Crippen LogP contribution is 2.24. The summed E-state index contributed by atoms with van der Waals surface area (Å²) in [5.74, 6) is 0.696. The summed E-state index contributed by atoms with van der Waals surface area (Å²) in [6.45, 7) is 9.27. The average Bonchev–Trinajstić information content (AvgIpc) is 2.95. The first-order valence-electron chi connectivity index (χ1n) is 17.7. The van der Waals surface area contributed by atoms with Gasteiger partial charge in [0.05, 0.1) is 19.3 Å². The van der Waals surface area contributed by atoms with Gasteiger partial charge in [0.2, 0.25) is 0 Å². The Morgan fingerprint density at radius 3 is 1.62 bits per heavy atom. The van der Waals surface area contributed by atoms with Gasteiger partial charge in [-0.15, -0.1) is 0 Å². The minimum atomic E-state index is -0.401. The van der Waals surface area contributed by atoms with Crippen LogP contribution in [0.3, 0.4) is 0 Å². The molecule has 0 fully saturated rings. The zero-order valence-corrected chi connectivity index (χ0v) is 27.3. The number of rotatable bonds is 32. The number of hydrogen-bond donors (Lipinski definition) is 2. The van der Waals surface area contributed by atoms with Crippen LogP contribution < -0.4 is 0 Å². The summed E-state index contributed by atoms with van der Waals surface area (Å²) in [4.78, 5) is 14.2. The molecule has 0 aromatic heterocycles. The summed E-state index contributed by atoms with van der Waals surface area (Å²) in [7, 11) is 0. The Balaban J connectivity index is 4.09. The molecule has 1 atom stereocenters. The summed E-state index contributed by atoms with van der Waals surface area (Å²) in [5, 5.41) is 19.3. The molecule has 0 saturated carbocycles. The third kappa shape index (κ3) is 27.5. The SMILES string of the molecule is CCCCCCCCCCC(CCCCCCCCCC)CCCOC(=O)CCCC[C@H](O)CN(CC)CCO. The Labute approximate surface area is 250 Å². The van der Waals surface area contributed by atoms with Crippen molar-refractivity contribution in [1.29, 1.82) is 0 Å². The highest BCUT2D eigenvalue weighted by atomic mass is 16.5. The average molecular weight is 570 g/mol. The lowest BCUT2D eigenvalue weighted by atomic mass is 9.90. The monoisotopic (exact) mass is 570 g/mol. The Morgan fingerprint density at radius 1 is 0.650 bits per heavy atom. The molecular weight excluding hydrogens is 498 g/mol. The summed E-state index contributed by atoms with van der Waals surface area (Å²) >= 11 is 0. The van der Waals surface area contributed by atoms with Gasteiger partial charge in [-0.1, -0.05) is 143 Å². The lowest BCUT2D eigenvalue weighted by Gasteiger charge is -2.22. The number of aliphatic hydroxyl groups excluding tert-OH is 2. The van der Waals surface area contributed by atoms with Crippen molar-refractivity contribution in [2.75, 3.05) is 32.8 Å². The van der Waals surface area contributed by atoms with Gasteiger partial charge in [0.1, 0.15) is 0 Å². The molecule has 0 unspecified atom stereocenters. The molecule has 0 amide bonds. The van der Waals surface area contributed by atoms with Gasteiger partial charge in [0, 0.05) is 19.5 Å². The maximum Gasteiger partial charge on any atom is 0.305 e. The zero-order valence-electron chi connectivity index (χ0n) is 27.3. The number of carbonyl (C=O) groups excluding carboxylic acids is 1. The number of likely N-dealkylation sites (N-methyl/N-ethyl adjacent to an activating group) is 1. The van der Waals surface area contributed by atoms with Crippen LogP contribution in [0.5, 0.6) is 0 Å². The third-order valence-electron chi connectivity index (χ3n) is 8.45. The van der Waals surface area contributed by atoms with E-state index in [0.29, 0.717) is 32.5 Å². The van der Waals surface area contributed by atoms with E-state index in [9.17, 15) is 9.90 Å². The van der Waals surface area contributed by atoms with Crippen LogP contribution in [0, 0.1) is 5.92 Å². The molecule has 2 N–H and O–H groups in total. The minimum absolute atomic E-state index is 0.0901. The Kier molecular flexibility index (Phi) is 30.8. The number of nitrogens with zero attached hydrogens (tertiary/aromatic N) is 1. The van der Waals surface area contributed by atoms with Crippen LogP contribution in [0.2, 0.25) is 0 Å². The first-order chi connectivity index (χ1) is 19.6. The van der Waals surface area contributed by atoms with Gasteiger partial charge in [0.15, 0.2) is 0 Å². The van der Waals surface area contributed by atoms with Gasteiger partial charge >= 0.3 is 5.97 Å². The number of aliphatic hydroxyl groups is 2. The lowest BCUT2D eigenvalue weighted by Crippen LogP contribution is -2.34. The fourth-order valence-corrected chi connectivity index (χ4v) is 5.76. The number of ether oxygens (including phenoxy) is 1. The van der Waals surface area contributed by atoms with Crippen LogP contribution in [0.25, 0.3) is 0 Å². The predicted molar refractivity (Wildman–Crippen MR) is 172 cm³/mol. The number of hydrogen-bond acceptors (Lipinski definition) is 5. The van der Waals surface area contributed by atoms with Gasteiger partial charge in [-0.2, -0.15) is 0 Å².